The number of benzene rings is 1. The summed E-state index contributed by atoms with van der Waals surface area (Å²) in [6.45, 7) is 3.09. The lowest BCUT2D eigenvalue weighted by molar-refractivity contribution is 0.255. The van der Waals surface area contributed by atoms with E-state index in [1.54, 1.807) is 0 Å². The van der Waals surface area contributed by atoms with Crippen LogP contribution in [0.4, 0.5) is 5.69 Å². The summed E-state index contributed by atoms with van der Waals surface area (Å²) in [6.07, 6.45) is 4.56. The number of nitrogens with two attached hydrogens (primary N) is 1. The fraction of sp³-hybridized carbons (Fsp3) is 0.533. The van der Waals surface area contributed by atoms with Crippen LogP contribution in [0.5, 0.6) is 0 Å². The van der Waals surface area contributed by atoms with Crippen molar-refractivity contribution in [3.8, 4) is 0 Å². The first kappa shape index (κ1) is 14.7. The summed E-state index contributed by atoms with van der Waals surface area (Å²) in [5.41, 5.74) is 8.46. The third-order valence-corrected chi connectivity index (χ3v) is 4.01. The molecule has 0 aliphatic carbocycles. The molecule has 5 heteroatoms. The van der Waals surface area contributed by atoms with Gasteiger partial charge in [0.25, 0.3) is 0 Å². The van der Waals surface area contributed by atoms with Crippen molar-refractivity contribution in [3.63, 3.8) is 0 Å². The second kappa shape index (κ2) is 6.61. The highest BCUT2D eigenvalue weighted by molar-refractivity contribution is 5.98. The van der Waals surface area contributed by atoms with Crippen LogP contribution in [-0.4, -0.2) is 35.3 Å². The molecule has 0 saturated carbocycles. The Hall–Kier alpha value is -1.75. The maximum absolute atomic E-state index is 9.58. The van der Waals surface area contributed by atoms with Gasteiger partial charge in [-0.3, -0.25) is 0 Å². The van der Waals surface area contributed by atoms with Gasteiger partial charge in [0.05, 0.1) is 12.6 Å². The molecular weight excluding hydrogens is 254 g/mol. The van der Waals surface area contributed by atoms with Gasteiger partial charge in [-0.2, -0.15) is 0 Å². The molecule has 110 valence electrons. The van der Waals surface area contributed by atoms with Crippen molar-refractivity contribution in [1.29, 1.82) is 0 Å². The van der Waals surface area contributed by atoms with Crippen LogP contribution >= 0.6 is 0 Å². The highest BCUT2D eigenvalue weighted by atomic mass is 16.4. The summed E-state index contributed by atoms with van der Waals surface area (Å²) in [5.74, 6) is 0.128. The maximum Gasteiger partial charge on any atom is 0.170 e. The molecule has 0 amide bonds. The summed E-state index contributed by atoms with van der Waals surface area (Å²) in [7, 11) is 0. The van der Waals surface area contributed by atoms with Crippen molar-refractivity contribution >= 4 is 11.5 Å². The van der Waals surface area contributed by atoms with E-state index in [-0.39, 0.29) is 18.5 Å². The zero-order chi connectivity index (χ0) is 14.5. The van der Waals surface area contributed by atoms with Gasteiger partial charge in [0.1, 0.15) is 0 Å². The van der Waals surface area contributed by atoms with E-state index in [1.165, 1.54) is 12.8 Å². The summed E-state index contributed by atoms with van der Waals surface area (Å²) in [4.78, 5) is 2.27. The molecule has 1 saturated heterocycles. The van der Waals surface area contributed by atoms with E-state index in [0.29, 0.717) is 0 Å². The number of rotatable bonds is 3. The fourth-order valence-corrected chi connectivity index (χ4v) is 2.87. The SMILES string of the molecule is Cc1cc(N2CCCCCC2CO)ccc1/C(N)=N/O. The predicted molar refractivity (Wildman–Crippen MR) is 80.4 cm³/mol. The van der Waals surface area contributed by atoms with Gasteiger partial charge in [0.2, 0.25) is 0 Å². The number of anilines is 1. The highest BCUT2D eigenvalue weighted by Crippen LogP contribution is 2.26. The van der Waals surface area contributed by atoms with Crippen LogP contribution in [-0.2, 0) is 0 Å². The molecule has 1 aliphatic heterocycles. The Kier molecular flexibility index (Phi) is 4.84. The van der Waals surface area contributed by atoms with E-state index in [4.69, 9.17) is 10.9 Å². The van der Waals surface area contributed by atoms with E-state index < -0.39 is 0 Å². The maximum atomic E-state index is 9.58. The monoisotopic (exact) mass is 277 g/mol. The second-order valence-corrected chi connectivity index (χ2v) is 5.36. The van der Waals surface area contributed by atoms with Gasteiger partial charge < -0.3 is 20.9 Å². The first-order valence-electron chi connectivity index (χ1n) is 7.13. The summed E-state index contributed by atoms with van der Waals surface area (Å²) in [5, 5.41) is 21.4. The molecule has 1 heterocycles. The van der Waals surface area contributed by atoms with Crippen LogP contribution in [0.25, 0.3) is 0 Å². The Bertz CT molecular complexity index is 488. The van der Waals surface area contributed by atoms with E-state index in [9.17, 15) is 5.11 Å². The normalized spacial score (nSPS) is 20.8. The molecule has 1 atom stereocenters. The number of oxime groups is 1. The first-order chi connectivity index (χ1) is 9.67. The topological polar surface area (TPSA) is 82.1 Å². The quantitative estimate of drug-likeness (QED) is 0.341. The molecular formula is C15H23N3O2. The number of hydrogen-bond donors (Lipinski definition) is 3. The molecule has 1 fully saturated rings. The van der Waals surface area contributed by atoms with Crippen LogP contribution in [0.15, 0.2) is 23.4 Å². The van der Waals surface area contributed by atoms with Crippen molar-refractivity contribution in [3.05, 3.63) is 29.3 Å². The Morgan fingerprint density at radius 3 is 2.85 bits per heavy atom. The summed E-state index contributed by atoms with van der Waals surface area (Å²) < 4.78 is 0. The molecule has 0 spiro atoms. The number of aryl methyl sites for hydroxylation is 1. The van der Waals surface area contributed by atoms with Crippen molar-refractivity contribution in [2.24, 2.45) is 10.9 Å². The fourth-order valence-electron chi connectivity index (χ4n) is 2.87. The van der Waals surface area contributed by atoms with Crippen molar-refractivity contribution in [2.45, 2.75) is 38.6 Å². The van der Waals surface area contributed by atoms with Gasteiger partial charge >= 0.3 is 0 Å². The smallest absolute Gasteiger partial charge is 0.170 e. The summed E-state index contributed by atoms with van der Waals surface area (Å²) in [6, 6.07) is 6.08. The molecule has 0 radical (unpaired) electrons. The highest BCUT2D eigenvalue weighted by Gasteiger charge is 2.21. The average molecular weight is 277 g/mol. The van der Waals surface area contributed by atoms with Gasteiger partial charge in [-0.15, -0.1) is 0 Å². The van der Waals surface area contributed by atoms with E-state index >= 15 is 0 Å². The van der Waals surface area contributed by atoms with E-state index in [1.807, 2.05) is 25.1 Å². The average Bonchev–Trinajstić information content (AvgIpc) is 2.71. The Morgan fingerprint density at radius 1 is 1.40 bits per heavy atom. The summed E-state index contributed by atoms with van der Waals surface area (Å²) >= 11 is 0. The van der Waals surface area contributed by atoms with Crippen LogP contribution in [0, 0.1) is 6.92 Å². The molecule has 1 aromatic carbocycles. The third-order valence-electron chi connectivity index (χ3n) is 4.01. The molecule has 4 N–H and O–H groups in total. The zero-order valence-electron chi connectivity index (χ0n) is 11.9. The number of nitrogens with zero attached hydrogens (tertiary/aromatic N) is 2. The minimum Gasteiger partial charge on any atom is -0.409 e. The van der Waals surface area contributed by atoms with Gasteiger partial charge in [-0.05, 0) is 43.5 Å². The van der Waals surface area contributed by atoms with Crippen molar-refractivity contribution in [1.82, 2.24) is 0 Å². The van der Waals surface area contributed by atoms with Gasteiger partial charge in [0, 0.05) is 17.8 Å². The number of aliphatic hydroxyl groups is 1. The molecule has 0 aromatic heterocycles. The van der Waals surface area contributed by atoms with Crippen LogP contribution in [0.2, 0.25) is 0 Å². The molecule has 1 aliphatic rings. The largest absolute Gasteiger partial charge is 0.409 e. The Balaban J connectivity index is 2.29. The first-order valence-corrected chi connectivity index (χ1v) is 7.13. The van der Waals surface area contributed by atoms with Crippen molar-refractivity contribution in [2.75, 3.05) is 18.1 Å². The lowest BCUT2D eigenvalue weighted by Gasteiger charge is -2.31. The minimum atomic E-state index is 0.128. The van der Waals surface area contributed by atoms with Gasteiger partial charge in [-0.25, -0.2) is 0 Å². The lowest BCUT2D eigenvalue weighted by Crippen LogP contribution is -2.37. The molecule has 1 aromatic rings. The van der Waals surface area contributed by atoms with Crippen LogP contribution in [0.3, 0.4) is 0 Å². The second-order valence-electron chi connectivity index (χ2n) is 5.36. The third kappa shape index (κ3) is 3.04. The standard InChI is InChI=1S/C15H23N3O2/c1-11-9-12(6-7-14(11)15(16)17-20)18-8-4-2-3-5-13(18)10-19/h6-7,9,13,19-20H,2-5,8,10H2,1H3,(H2,16,17). The minimum absolute atomic E-state index is 0.128. The van der Waals surface area contributed by atoms with Crippen molar-refractivity contribution < 1.29 is 10.3 Å². The Labute approximate surface area is 119 Å². The molecule has 0 bridgehead atoms. The molecule has 20 heavy (non-hydrogen) atoms. The van der Waals surface area contributed by atoms with Crippen LogP contribution < -0.4 is 10.6 Å². The van der Waals surface area contributed by atoms with Crippen LogP contribution in [0.1, 0.15) is 36.8 Å². The predicted octanol–water partition coefficient (Wildman–Crippen LogP) is 1.83. The number of hydrogen-bond acceptors (Lipinski definition) is 4. The number of amidine groups is 1. The van der Waals surface area contributed by atoms with Gasteiger partial charge in [0.15, 0.2) is 5.84 Å². The van der Waals surface area contributed by atoms with E-state index in [0.717, 1.165) is 36.2 Å². The van der Waals surface area contributed by atoms with E-state index in [2.05, 4.69) is 10.1 Å². The van der Waals surface area contributed by atoms with Gasteiger partial charge in [-0.1, -0.05) is 18.0 Å². The lowest BCUT2D eigenvalue weighted by atomic mass is 10.1. The Morgan fingerprint density at radius 2 is 2.20 bits per heavy atom. The zero-order valence-corrected chi connectivity index (χ0v) is 11.9. The molecule has 2 rings (SSSR count). The molecule has 1 unspecified atom stereocenters. The molecule has 5 nitrogen and oxygen atoms in total. The number of aliphatic hydroxyl groups excluding tert-OH is 1.